The number of hydrogen-bond acceptors (Lipinski definition) is 1. The number of carbonyl (C=O) groups excluding carboxylic acids is 1. The highest BCUT2D eigenvalue weighted by Crippen LogP contribution is 2.26. The van der Waals surface area contributed by atoms with Gasteiger partial charge in [0.15, 0.2) is 5.78 Å². The molecule has 0 saturated heterocycles. The summed E-state index contributed by atoms with van der Waals surface area (Å²) in [4.78, 5) is 12.3. The highest BCUT2D eigenvalue weighted by Gasteiger charge is 2.14. The molecule has 0 unspecified atom stereocenters. The van der Waals surface area contributed by atoms with Gasteiger partial charge in [0.2, 0.25) is 0 Å². The molecular formula is C16H14BrClO. The van der Waals surface area contributed by atoms with Crippen LogP contribution in [0.2, 0.25) is 5.02 Å². The molecule has 0 amide bonds. The van der Waals surface area contributed by atoms with E-state index >= 15 is 0 Å². The Bertz CT molecular complexity index is 614. The van der Waals surface area contributed by atoms with Gasteiger partial charge in [0, 0.05) is 10.9 Å². The van der Waals surface area contributed by atoms with Crippen LogP contribution in [0.15, 0.2) is 40.9 Å². The first-order valence-electron chi connectivity index (χ1n) is 6.02. The van der Waals surface area contributed by atoms with Crippen LogP contribution in [-0.4, -0.2) is 5.78 Å². The molecule has 0 spiro atoms. The minimum Gasteiger partial charge on any atom is -0.294 e. The summed E-state index contributed by atoms with van der Waals surface area (Å²) in [7, 11) is 0. The molecule has 2 aromatic carbocycles. The van der Waals surface area contributed by atoms with Gasteiger partial charge in [-0.25, -0.2) is 0 Å². The number of hydrogen-bond donors (Lipinski definition) is 0. The van der Waals surface area contributed by atoms with Gasteiger partial charge in [-0.05, 0) is 58.6 Å². The zero-order valence-electron chi connectivity index (χ0n) is 10.8. The zero-order valence-corrected chi connectivity index (χ0v) is 13.2. The first kappa shape index (κ1) is 14.3. The minimum absolute atomic E-state index is 0.0285. The smallest absolute Gasteiger partial charge is 0.169 e. The molecule has 0 aromatic heterocycles. The Morgan fingerprint density at radius 2 is 1.89 bits per heavy atom. The molecule has 0 aliphatic carbocycles. The molecule has 98 valence electrons. The lowest BCUT2D eigenvalue weighted by Crippen LogP contribution is -2.05. The van der Waals surface area contributed by atoms with E-state index in [4.69, 9.17) is 11.6 Å². The van der Waals surface area contributed by atoms with Crippen molar-refractivity contribution in [3.05, 3.63) is 68.1 Å². The molecule has 0 heterocycles. The Morgan fingerprint density at radius 1 is 1.16 bits per heavy atom. The molecule has 2 aromatic rings. The van der Waals surface area contributed by atoms with Crippen molar-refractivity contribution >= 4 is 33.3 Å². The molecule has 0 fully saturated rings. The fraction of sp³-hybridized carbons (Fsp3) is 0.188. The van der Waals surface area contributed by atoms with Crippen molar-refractivity contribution in [2.45, 2.75) is 20.3 Å². The second-order valence-electron chi connectivity index (χ2n) is 4.62. The SMILES string of the molecule is Cc1ccc(CC(=O)c2c(Cl)cccc2Br)cc1C. The molecule has 3 heteroatoms. The summed E-state index contributed by atoms with van der Waals surface area (Å²) in [6.07, 6.45) is 0.365. The quantitative estimate of drug-likeness (QED) is 0.708. The third kappa shape index (κ3) is 3.26. The third-order valence-electron chi connectivity index (χ3n) is 3.18. The first-order valence-corrected chi connectivity index (χ1v) is 7.19. The number of ketones is 1. The van der Waals surface area contributed by atoms with Crippen LogP contribution < -0.4 is 0 Å². The van der Waals surface area contributed by atoms with Crippen molar-refractivity contribution in [1.29, 1.82) is 0 Å². The van der Waals surface area contributed by atoms with Crippen molar-refractivity contribution < 1.29 is 4.79 Å². The van der Waals surface area contributed by atoms with Crippen LogP contribution in [0.1, 0.15) is 27.0 Å². The highest BCUT2D eigenvalue weighted by atomic mass is 79.9. The highest BCUT2D eigenvalue weighted by molar-refractivity contribution is 9.10. The van der Waals surface area contributed by atoms with E-state index in [1.165, 1.54) is 11.1 Å². The van der Waals surface area contributed by atoms with E-state index in [1.807, 2.05) is 24.3 Å². The summed E-state index contributed by atoms with van der Waals surface area (Å²) in [5.41, 5.74) is 4.00. The normalized spacial score (nSPS) is 10.5. The van der Waals surface area contributed by atoms with Gasteiger partial charge in [-0.2, -0.15) is 0 Å². The molecule has 19 heavy (non-hydrogen) atoms. The van der Waals surface area contributed by atoms with Gasteiger partial charge in [0.05, 0.1) is 10.6 Å². The van der Waals surface area contributed by atoms with Gasteiger partial charge in [0.25, 0.3) is 0 Å². The zero-order chi connectivity index (χ0) is 14.0. The van der Waals surface area contributed by atoms with E-state index in [9.17, 15) is 4.79 Å². The van der Waals surface area contributed by atoms with Gasteiger partial charge in [-0.1, -0.05) is 35.9 Å². The lowest BCUT2D eigenvalue weighted by atomic mass is 9.99. The maximum atomic E-state index is 12.3. The maximum absolute atomic E-state index is 12.3. The van der Waals surface area contributed by atoms with Crippen molar-refractivity contribution in [1.82, 2.24) is 0 Å². The number of benzene rings is 2. The molecule has 0 N–H and O–H groups in total. The van der Waals surface area contributed by atoms with Crippen molar-refractivity contribution in [2.24, 2.45) is 0 Å². The molecule has 0 atom stereocenters. The summed E-state index contributed by atoms with van der Waals surface area (Å²) < 4.78 is 0.744. The van der Waals surface area contributed by atoms with Gasteiger partial charge < -0.3 is 0 Å². The van der Waals surface area contributed by atoms with E-state index in [1.54, 1.807) is 6.07 Å². The molecule has 0 aliphatic rings. The Balaban J connectivity index is 2.28. The van der Waals surface area contributed by atoms with Crippen LogP contribution >= 0.6 is 27.5 Å². The van der Waals surface area contributed by atoms with Crippen molar-refractivity contribution in [3.63, 3.8) is 0 Å². The van der Waals surface area contributed by atoms with E-state index < -0.39 is 0 Å². The summed E-state index contributed by atoms with van der Waals surface area (Å²) >= 11 is 9.48. The largest absolute Gasteiger partial charge is 0.294 e. The number of rotatable bonds is 3. The molecular weight excluding hydrogens is 324 g/mol. The van der Waals surface area contributed by atoms with Gasteiger partial charge >= 0.3 is 0 Å². The summed E-state index contributed by atoms with van der Waals surface area (Å²) in [6.45, 7) is 4.11. The van der Waals surface area contributed by atoms with Crippen molar-refractivity contribution in [2.75, 3.05) is 0 Å². The van der Waals surface area contributed by atoms with E-state index in [-0.39, 0.29) is 5.78 Å². The van der Waals surface area contributed by atoms with Crippen LogP contribution in [0.3, 0.4) is 0 Å². The average molecular weight is 338 g/mol. The predicted octanol–water partition coefficient (Wildman–Crippen LogP) is 5.14. The van der Waals surface area contributed by atoms with Crippen LogP contribution in [-0.2, 0) is 6.42 Å². The summed E-state index contributed by atoms with van der Waals surface area (Å²) in [6, 6.07) is 11.5. The summed E-state index contributed by atoms with van der Waals surface area (Å²) in [5.74, 6) is 0.0285. The fourth-order valence-corrected chi connectivity index (χ4v) is 2.93. The lowest BCUT2D eigenvalue weighted by Gasteiger charge is -2.08. The molecule has 0 saturated carbocycles. The minimum atomic E-state index is 0.0285. The predicted molar refractivity (Wildman–Crippen MR) is 83.1 cm³/mol. The Morgan fingerprint density at radius 3 is 2.53 bits per heavy atom. The van der Waals surface area contributed by atoms with Crippen LogP contribution in [0.5, 0.6) is 0 Å². The Labute approximate surface area is 126 Å². The van der Waals surface area contributed by atoms with Gasteiger partial charge in [-0.3, -0.25) is 4.79 Å². The van der Waals surface area contributed by atoms with Crippen LogP contribution in [0.4, 0.5) is 0 Å². The topological polar surface area (TPSA) is 17.1 Å². The second-order valence-corrected chi connectivity index (χ2v) is 5.88. The monoisotopic (exact) mass is 336 g/mol. The van der Waals surface area contributed by atoms with E-state index in [2.05, 4.69) is 35.8 Å². The summed E-state index contributed by atoms with van der Waals surface area (Å²) in [5, 5.41) is 0.489. The fourth-order valence-electron chi connectivity index (χ4n) is 1.95. The standard InChI is InChI=1S/C16H14BrClO/c1-10-6-7-12(8-11(10)2)9-15(19)16-13(17)4-3-5-14(16)18/h3-8H,9H2,1-2H3. The molecule has 2 rings (SSSR count). The molecule has 0 radical (unpaired) electrons. The second kappa shape index (κ2) is 5.89. The first-order chi connectivity index (χ1) is 8.99. The molecule has 1 nitrogen and oxygen atoms in total. The van der Waals surface area contributed by atoms with Gasteiger partial charge in [-0.15, -0.1) is 0 Å². The lowest BCUT2D eigenvalue weighted by molar-refractivity contribution is 0.0992. The number of aryl methyl sites for hydroxylation is 2. The maximum Gasteiger partial charge on any atom is 0.169 e. The van der Waals surface area contributed by atoms with Crippen LogP contribution in [0.25, 0.3) is 0 Å². The molecule has 0 bridgehead atoms. The Kier molecular flexibility index (Phi) is 4.43. The van der Waals surface area contributed by atoms with E-state index in [0.717, 1.165) is 10.0 Å². The third-order valence-corrected chi connectivity index (χ3v) is 4.15. The number of carbonyl (C=O) groups is 1. The number of halogens is 2. The van der Waals surface area contributed by atoms with Crippen molar-refractivity contribution in [3.8, 4) is 0 Å². The average Bonchev–Trinajstić information content (AvgIpc) is 2.33. The Hall–Kier alpha value is -1.12. The van der Waals surface area contributed by atoms with Gasteiger partial charge in [0.1, 0.15) is 0 Å². The van der Waals surface area contributed by atoms with Crippen LogP contribution in [0, 0.1) is 13.8 Å². The molecule has 0 aliphatic heterocycles. The number of Topliss-reactive ketones (excluding diaryl/α,β-unsaturated/α-hetero) is 1. The van der Waals surface area contributed by atoms with E-state index in [0.29, 0.717) is 17.0 Å².